The van der Waals surface area contributed by atoms with Crippen LogP contribution in [0.3, 0.4) is 0 Å². The molecule has 2 aromatic heterocycles. The monoisotopic (exact) mass is 342 g/mol. The van der Waals surface area contributed by atoms with Gasteiger partial charge in [0.2, 0.25) is 0 Å². The number of benzene rings is 1. The first-order valence-corrected chi connectivity index (χ1v) is 8.24. The fourth-order valence-corrected chi connectivity index (χ4v) is 3.31. The Hall–Kier alpha value is -2.58. The molecule has 8 heteroatoms. The van der Waals surface area contributed by atoms with Crippen molar-refractivity contribution in [2.75, 3.05) is 13.1 Å². The quantitative estimate of drug-likeness (QED) is 0.753. The lowest BCUT2D eigenvalue weighted by molar-refractivity contribution is -0.0417. The second-order valence-electron chi connectivity index (χ2n) is 6.43. The number of aromatic nitrogens is 5. The second kappa shape index (κ2) is 6.38. The molecule has 1 aromatic carbocycles. The number of piperidine rings is 1. The van der Waals surface area contributed by atoms with Gasteiger partial charge < -0.3 is 5.11 Å². The van der Waals surface area contributed by atoms with Gasteiger partial charge in [0.25, 0.3) is 0 Å². The predicted octanol–water partition coefficient (Wildman–Crippen LogP) is 1.61. The van der Waals surface area contributed by atoms with Gasteiger partial charge in [-0.2, -0.15) is 20.5 Å². The summed E-state index contributed by atoms with van der Waals surface area (Å²) in [5, 5.41) is 25.8. The number of β-amino-alcohol motifs (C(OH)–C–C–N with tert-alkyl or cyclic N) is 1. The third kappa shape index (κ3) is 3.31. The Labute approximate surface area is 144 Å². The van der Waals surface area contributed by atoms with E-state index in [0.29, 0.717) is 25.2 Å². The van der Waals surface area contributed by atoms with Crippen LogP contribution < -0.4 is 0 Å². The van der Waals surface area contributed by atoms with Gasteiger partial charge in [-0.1, -0.05) is 0 Å². The summed E-state index contributed by atoms with van der Waals surface area (Å²) in [6, 6.07) is 8.15. The summed E-state index contributed by atoms with van der Waals surface area (Å²) in [7, 11) is 0. The summed E-state index contributed by atoms with van der Waals surface area (Å²) in [5.74, 6) is -0.267. The van der Waals surface area contributed by atoms with E-state index in [1.165, 1.54) is 12.1 Å². The molecule has 0 bridgehead atoms. The molecule has 0 saturated carbocycles. The number of H-pyrrole nitrogens is 1. The summed E-state index contributed by atoms with van der Waals surface area (Å²) in [6.45, 7) is 2.01. The van der Waals surface area contributed by atoms with Gasteiger partial charge in [0.05, 0.1) is 17.6 Å². The maximum absolute atomic E-state index is 13.0. The number of halogens is 1. The topological polar surface area (TPSA) is 82.9 Å². The number of likely N-dealkylation sites (tertiary alicyclic amines) is 1. The van der Waals surface area contributed by atoms with Crippen molar-refractivity contribution in [3.8, 4) is 5.69 Å². The average Bonchev–Trinajstić information content (AvgIpc) is 3.28. The van der Waals surface area contributed by atoms with Crippen molar-refractivity contribution in [1.82, 2.24) is 30.1 Å². The Morgan fingerprint density at radius 3 is 2.84 bits per heavy atom. The zero-order valence-corrected chi connectivity index (χ0v) is 13.6. The summed E-state index contributed by atoms with van der Waals surface area (Å²) in [6.07, 6.45) is 4.98. The molecule has 0 aliphatic carbocycles. The minimum atomic E-state index is -0.981. The molecule has 0 unspecified atom stereocenters. The Balaban J connectivity index is 1.46. The Morgan fingerprint density at radius 2 is 2.08 bits per heavy atom. The number of aliphatic hydroxyl groups is 1. The van der Waals surface area contributed by atoms with E-state index in [1.807, 2.05) is 12.3 Å². The van der Waals surface area contributed by atoms with Crippen LogP contribution in [0.4, 0.5) is 4.39 Å². The first kappa shape index (κ1) is 15.9. The second-order valence-corrected chi connectivity index (χ2v) is 6.43. The van der Waals surface area contributed by atoms with Crippen molar-refractivity contribution >= 4 is 0 Å². The minimum absolute atomic E-state index is 0.267. The van der Waals surface area contributed by atoms with Crippen molar-refractivity contribution in [3.05, 3.63) is 59.9 Å². The van der Waals surface area contributed by atoms with Gasteiger partial charge in [-0.3, -0.25) is 4.90 Å². The summed E-state index contributed by atoms with van der Waals surface area (Å²) in [4.78, 5) is 2.16. The molecule has 1 fully saturated rings. The van der Waals surface area contributed by atoms with Gasteiger partial charge in [0, 0.05) is 19.3 Å². The molecule has 0 radical (unpaired) electrons. The van der Waals surface area contributed by atoms with Crippen molar-refractivity contribution in [3.63, 3.8) is 0 Å². The Kier molecular flexibility index (Phi) is 4.06. The standard InChI is InChI=1S/C17H19FN6O/c18-13-2-4-15(5-3-13)24-9-6-14(21-24)11-23-8-1-7-17(25,12-23)16-10-19-22-20-16/h2-6,9-10,25H,1,7-8,11-12H2,(H,19,20,22)/t17-/m0/s1. The van der Waals surface area contributed by atoms with Gasteiger partial charge in [-0.25, -0.2) is 9.07 Å². The van der Waals surface area contributed by atoms with E-state index < -0.39 is 5.60 Å². The highest BCUT2D eigenvalue weighted by atomic mass is 19.1. The molecule has 7 nitrogen and oxygen atoms in total. The van der Waals surface area contributed by atoms with E-state index in [4.69, 9.17) is 0 Å². The van der Waals surface area contributed by atoms with Crippen LogP contribution in [-0.2, 0) is 12.1 Å². The molecular formula is C17H19FN6O. The zero-order valence-electron chi connectivity index (χ0n) is 13.6. The van der Waals surface area contributed by atoms with Gasteiger partial charge in [0.1, 0.15) is 17.1 Å². The molecule has 1 aliphatic heterocycles. The molecule has 4 rings (SSSR count). The smallest absolute Gasteiger partial charge is 0.123 e. The van der Waals surface area contributed by atoms with E-state index in [0.717, 1.165) is 24.3 Å². The number of nitrogens with one attached hydrogen (secondary N) is 1. The van der Waals surface area contributed by atoms with Crippen molar-refractivity contribution in [1.29, 1.82) is 0 Å². The number of nitrogens with zero attached hydrogens (tertiary/aromatic N) is 5. The van der Waals surface area contributed by atoms with E-state index in [9.17, 15) is 9.50 Å². The summed E-state index contributed by atoms with van der Waals surface area (Å²) in [5.41, 5.74) is 1.30. The molecule has 3 heterocycles. The van der Waals surface area contributed by atoms with E-state index in [-0.39, 0.29) is 5.82 Å². The van der Waals surface area contributed by atoms with Crippen LogP contribution in [0.25, 0.3) is 5.69 Å². The fraction of sp³-hybridized carbons (Fsp3) is 0.353. The number of hydrogen-bond acceptors (Lipinski definition) is 5. The van der Waals surface area contributed by atoms with Crippen LogP contribution in [0.2, 0.25) is 0 Å². The van der Waals surface area contributed by atoms with Crippen LogP contribution in [0, 0.1) is 5.82 Å². The Bertz CT molecular complexity index is 831. The fourth-order valence-electron chi connectivity index (χ4n) is 3.31. The van der Waals surface area contributed by atoms with Crippen LogP contribution in [-0.4, -0.2) is 48.3 Å². The lowest BCUT2D eigenvalue weighted by atomic mass is 9.90. The molecule has 1 atom stereocenters. The molecule has 0 amide bonds. The normalized spacial score (nSPS) is 21.5. The minimum Gasteiger partial charge on any atom is -0.382 e. The maximum atomic E-state index is 13.0. The lowest BCUT2D eigenvalue weighted by Crippen LogP contribution is -2.46. The third-order valence-electron chi connectivity index (χ3n) is 4.56. The molecular weight excluding hydrogens is 323 g/mol. The van der Waals surface area contributed by atoms with Crippen LogP contribution >= 0.6 is 0 Å². The summed E-state index contributed by atoms with van der Waals surface area (Å²) >= 11 is 0. The first-order valence-electron chi connectivity index (χ1n) is 8.24. The lowest BCUT2D eigenvalue weighted by Gasteiger charge is -2.37. The highest BCUT2D eigenvalue weighted by molar-refractivity contribution is 5.31. The Morgan fingerprint density at radius 1 is 1.24 bits per heavy atom. The molecule has 0 spiro atoms. The van der Waals surface area contributed by atoms with Crippen molar-refractivity contribution < 1.29 is 9.50 Å². The zero-order chi connectivity index (χ0) is 17.3. The maximum Gasteiger partial charge on any atom is 0.123 e. The molecule has 3 aromatic rings. The highest BCUT2D eigenvalue weighted by Crippen LogP contribution is 2.30. The predicted molar refractivity (Wildman–Crippen MR) is 88.3 cm³/mol. The van der Waals surface area contributed by atoms with Gasteiger partial charge >= 0.3 is 0 Å². The van der Waals surface area contributed by atoms with Crippen molar-refractivity contribution in [2.24, 2.45) is 0 Å². The molecule has 1 aliphatic rings. The number of hydrogen-bond donors (Lipinski definition) is 2. The first-order chi connectivity index (χ1) is 12.1. The van der Waals surface area contributed by atoms with E-state index in [2.05, 4.69) is 25.4 Å². The molecule has 25 heavy (non-hydrogen) atoms. The van der Waals surface area contributed by atoms with Gasteiger partial charge in [-0.05, 0) is 49.7 Å². The summed E-state index contributed by atoms with van der Waals surface area (Å²) < 4.78 is 14.8. The molecule has 2 N–H and O–H groups in total. The number of rotatable bonds is 4. The number of aromatic amines is 1. The largest absolute Gasteiger partial charge is 0.382 e. The third-order valence-corrected chi connectivity index (χ3v) is 4.56. The van der Waals surface area contributed by atoms with Gasteiger partial charge in [-0.15, -0.1) is 0 Å². The highest BCUT2D eigenvalue weighted by Gasteiger charge is 2.37. The molecule has 130 valence electrons. The van der Waals surface area contributed by atoms with Crippen LogP contribution in [0.15, 0.2) is 42.7 Å². The SMILES string of the molecule is O[C@@]1(c2cn[nH]n2)CCCN(Cc2ccn(-c3ccc(F)cc3)n2)C1. The van der Waals surface area contributed by atoms with Crippen LogP contribution in [0.1, 0.15) is 24.2 Å². The van der Waals surface area contributed by atoms with Crippen molar-refractivity contribution in [2.45, 2.75) is 25.0 Å². The van der Waals surface area contributed by atoms with E-state index in [1.54, 1.807) is 23.0 Å². The molecule has 1 saturated heterocycles. The van der Waals surface area contributed by atoms with E-state index >= 15 is 0 Å². The van der Waals surface area contributed by atoms with Gasteiger partial charge in [0.15, 0.2) is 0 Å². The average molecular weight is 342 g/mol. The van der Waals surface area contributed by atoms with Crippen LogP contribution in [0.5, 0.6) is 0 Å².